The van der Waals surface area contributed by atoms with Crippen molar-refractivity contribution >= 4 is 0 Å². The van der Waals surface area contributed by atoms with Crippen LogP contribution in [0.2, 0.25) is 0 Å². The summed E-state index contributed by atoms with van der Waals surface area (Å²) in [5.74, 6) is 0.961. The maximum atomic E-state index is 5.91. The molecule has 1 aromatic rings. The Kier molecular flexibility index (Phi) is 6.49. The van der Waals surface area contributed by atoms with E-state index >= 15 is 0 Å². The van der Waals surface area contributed by atoms with Gasteiger partial charge < -0.3 is 14.4 Å². The molecule has 2 heterocycles. The van der Waals surface area contributed by atoms with Crippen LogP contribution in [0.4, 0.5) is 0 Å². The van der Waals surface area contributed by atoms with Crippen LogP contribution in [-0.2, 0) is 4.74 Å². The number of piperazine rings is 1. The summed E-state index contributed by atoms with van der Waals surface area (Å²) in [7, 11) is 2.18. The van der Waals surface area contributed by atoms with Crippen molar-refractivity contribution in [3.63, 3.8) is 0 Å². The number of hydrogen-bond donors (Lipinski definition) is 0. The fraction of sp³-hybridized carbons (Fsp3) is 0.684. The van der Waals surface area contributed by atoms with Gasteiger partial charge in [-0.1, -0.05) is 18.2 Å². The Labute approximate surface area is 146 Å². The molecule has 5 nitrogen and oxygen atoms in total. The van der Waals surface area contributed by atoms with Gasteiger partial charge in [-0.2, -0.15) is 0 Å². The average Bonchev–Trinajstić information content (AvgIpc) is 2.58. The van der Waals surface area contributed by atoms with Crippen LogP contribution < -0.4 is 4.74 Å². The summed E-state index contributed by atoms with van der Waals surface area (Å²) in [6.07, 6.45) is 0.365. The van der Waals surface area contributed by atoms with Gasteiger partial charge in [-0.15, -0.1) is 0 Å². The van der Waals surface area contributed by atoms with E-state index in [9.17, 15) is 0 Å². The number of rotatable bonds is 6. The summed E-state index contributed by atoms with van der Waals surface area (Å²) in [5, 5.41) is 0. The van der Waals surface area contributed by atoms with E-state index < -0.39 is 0 Å². The monoisotopic (exact) mass is 333 g/mol. The molecule has 2 saturated heterocycles. The van der Waals surface area contributed by atoms with E-state index in [2.05, 4.69) is 28.7 Å². The summed E-state index contributed by atoms with van der Waals surface area (Å²) in [4.78, 5) is 7.46. The van der Waals surface area contributed by atoms with E-state index in [1.54, 1.807) is 0 Å². The molecule has 2 fully saturated rings. The second-order valence-electron chi connectivity index (χ2n) is 7.06. The van der Waals surface area contributed by atoms with Gasteiger partial charge >= 0.3 is 0 Å². The molecule has 0 unspecified atom stereocenters. The molecular weight excluding hydrogens is 302 g/mol. The zero-order valence-electron chi connectivity index (χ0n) is 15.1. The van der Waals surface area contributed by atoms with Crippen LogP contribution in [0.5, 0.6) is 5.75 Å². The van der Waals surface area contributed by atoms with E-state index in [0.29, 0.717) is 12.1 Å². The van der Waals surface area contributed by atoms with E-state index in [1.165, 1.54) is 0 Å². The minimum atomic E-state index is 0.365. The maximum absolute atomic E-state index is 5.91. The average molecular weight is 333 g/mol. The lowest BCUT2D eigenvalue weighted by molar-refractivity contribution is -0.0458. The van der Waals surface area contributed by atoms with Crippen LogP contribution in [0.1, 0.15) is 6.92 Å². The Balaban J connectivity index is 1.37. The molecule has 2 aliphatic heterocycles. The first-order chi connectivity index (χ1) is 11.7. The van der Waals surface area contributed by atoms with Crippen molar-refractivity contribution in [2.75, 3.05) is 66.1 Å². The molecule has 0 saturated carbocycles. The van der Waals surface area contributed by atoms with Gasteiger partial charge in [-0.05, 0) is 26.1 Å². The van der Waals surface area contributed by atoms with Crippen LogP contribution >= 0.6 is 0 Å². The first kappa shape index (κ1) is 17.7. The molecule has 0 amide bonds. The van der Waals surface area contributed by atoms with Crippen molar-refractivity contribution in [1.82, 2.24) is 14.7 Å². The Morgan fingerprint density at radius 3 is 2.71 bits per heavy atom. The summed E-state index contributed by atoms with van der Waals surface area (Å²) >= 11 is 0. The third-order valence-electron chi connectivity index (χ3n) is 5.04. The third-order valence-corrected chi connectivity index (χ3v) is 5.04. The molecular formula is C19H31N3O2. The number of likely N-dealkylation sites (N-methyl/N-ethyl adjacent to an activating group) is 1. The molecule has 0 bridgehead atoms. The van der Waals surface area contributed by atoms with E-state index in [4.69, 9.17) is 9.47 Å². The van der Waals surface area contributed by atoms with Crippen molar-refractivity contribution in [3.8, 4) is 5.75 Å². The van der Waals surface area contributed by atoms with Gasteiger partial charge in [0, 0.05) is 51.9 Å². The number of hydrogen-bond acceptors (Lipinski definition) is 5. The summed E-state index contributed by atoms with van der Waals surface area (Å²) in [6, 6.07) is 10.6. The number of benzene rings is 1. The number of nitrogens with zero attached hydrogens (tertiary/aromatic N) is 3. The molecule has 0 N–H and O–H groups in total. The Bertz CT molecular complexity index is 485. The maximum Gasteiger partial charge on any atom is 0.119 e. The molecule has 24 heavy (non-hydrogen) atoms. The highest BCUT2D eigenvalue weighted by Gasteiger charge is 2.27. The van der Waals surface area contributed by atoms with Crippen molar-refractivity contribution in [3.05, 3.63) is 30.3 Å². The molecule has 0 aromatic heterocycles. The fourth-order valence-electron chi connectivity index (χ4n) is 3.63. The van der Waals surface area contributed by atoms with Gasteiger partial charge in [0.2, 0.25) is 0 Å². The van der Waals surface area contributed by atoms with Crippen LogP contribution in [0.3, 0.4) is 0 Å². The first-order valence-electron chi connectivity index (χ1n) is 9.15. The largest absolute Gasteiger partial charge is 0.492 e. The van der Waals surface area contributed by atoms with Gasteiger partial charge in [0.1, 0.15) is 12.4 Å². The quantitative estimate of drug-likeness (QED) is 0.785. The van der Waals surface area contributed by atoms with Crippen LogP contribution in [0.25, 0.3) is 0 Å². The molecule has 2 atom stereocenters. The predicted octanol–water partition coefficient (Wildman–Crippen LogP) is 1.40. The highest BCUT2D eigenvalue weighted by Crippen LogP contribution is 2.13. The Morgan fingerprint density at radius 2 is 1.96 bits per heavy atom. The topological polar surface area (TPSA) is 28.2 Å². The lowest BCUT2D eigenvalue weighted by Crippen LogP contribution is -2.55. The lowest BCUT2D eigenvalue weighted by Gasteiger charge is -2.42. The van der Waals surface area contributed by atoms with E-state index in [0.717, 1.165) is 64.8 Å². The van der Waals surface area contributed by atoms with Gasteiger partial charge in [0.05, 0.1) is 12.7 Å². The second kappa shape index (κ2) is 8.81. The molecule has 2 aliphatic rings. The smallest absolute Gasteiger partial charge is 0.119 e. The number of ether oxygens (including phenoxy) is 2. The first-order valence-corrected chi connectivity index (χ1v) is 9.15. The van der Waals surface area contributed by atoms with Crippen molar-refractivity contribution in [2.45, 2.75) is 19.1 Å². The molecule has 1 aromatic carbocycles. The lowest BCUT2D eigenvalue weighted by atomic mass is 10.1. The highest BCUT2D eigenvalue weighted by molar-refractivity contribution is 5.20. The number of morpholine rings is 1. The van der Waals surface area contributed by atoms with E-state index in [-0.39, 0.29) is 0 Å². The molecule has 0 aliphatic carbocycles. The van der Waals surface area contributed by atoms with E-state index in [1.807, 2.05) is 30.3 Å². The van der Waals surface area contributed by atoms with Crippen LogP contribution in [0.15, 0.2) is 30.3 Å². The van der Waals surface area contributed by atoms with Gasteiger partial charge in [-0.3, -0.25) is 9.80 Å². The predicted molar refractivity (Wildman–Crippen MR) is 96.6 cm³/mol. The van der Waals surface area contributed by atoms with Gasteiger partial charge in [-0.25, -0.2) is 0 Å². The van der Waals surface area contributed by atoms with Crippen LogP contribution in [-0.4, -0.2) is 92.9 Å². The van der Waals surface area contributed by atoms with Crippen molar-refractivity contribution < 1.29 is 9.47 Å². The SMILES string of the molecule is C[C@@H]1CN(C[C@H]2CN(C)CCO2)CCN1CCOc1ccccc1. The van der Waals surface area contributed by atoms with Crippen LogP contribution in [0, 0.1) is 0 Å². The summed E-state index contributed by atoms with van der Waals surface area (Å²) in [5.41, 5.74) is 0. The Morgan fingerprint density at radius 1 is 1.12 bits per heavy atom. The molecule has 3 rings (SSSR count). The minimum absolute atomic E-state index is 0.365. The van der Waals surface area contributed by atoms with Crippen molar-refractivity contribution in [1.29, 1.82) is 0 Å². The third kappa shape index (κ3) is 5.18. The molecule has 134 valence electrons. The summed E-state index contributed by atoms with van der Waals surface area (Å²) in [6.45, 7) is 11.5. The summed E-state index contributed by atoms with van der Waals surface area (Å²) < 4.78 is 11.7. The van der Waals surface area contributed by atoms with Gasteiger partial charge in [0.25, 0.3) is 0 Å². The van der Waals surface area contributed by atoms with Crippen molar-refractivity contribution in [2.24, 2.45) is 0 Å². The number of para-hydroxylation sites is 1. The minimum Gasteiger partial charge on any atom is -0.492 e. The Hall–Kier alpha value is -1.14. The zero-order valence-corrected chi connectivity index (χ0v) is 15.1. The zero-order chi connectivity index (χ0) is 16.8. The highest BCUT2D eigenvalue weighted by atomic mass is 16.5. The standard InChI is InChI=1S/C19H31N3O2/c1-17-14-21(16-19-15-20(2)10-12-24-19)8-9-22(17)11-13-23-18-6-4-3-5-7-18/h3-7,17,19H,8-16H2,1-2H3/t17-,19-/m1/s1. The fourth-order valence-corrected chi connectivity index (χ4v) is 3.63. The molecule has 0 spiro atoms. The molecule has 5 heteroatoms. The molecule has 0 radical (unpaired) electrons. The second-order valence-corrected chi connectivity index (χ2v) is 7.06. The van der Waals surface area contributed by atoms with Gasteiger partial charge in [0.15, 0.2) is 0 Å². The normalized spacial score (nSPS) is 27.2.